The summed E-state index contributed by atoms with van der Waals surface area (Å²) in [6.45, 7) is 4.01. The summed E-state index contributed by atoms with van der Waals surface area (Å²) >= 11 is 0. The van der Waals surface area contributed by atoms with E-state index in [-0.39, 0.29) is 23.3 Å². The van der Waals surface area contributed by atoms with Crippen LogP contribution in [-0.4, -0.2) is 31.6 Å². The monoisotopic (exact) mass is 257 g/mol. The van der Waals surface area contributed by atoms with Crippen LogP contribution < -0.4 is 5.32 Å². The van der Waals surface area contributed by atoms with Crippen LogP contribution in [0.15, 0.2) is 24.3 Å². The summed E-state index contributed by atoms with van der Waals surface area (Å²) < 4.78 is 22.6. The average molecular weight is 257 g/mol. The third-order valence-corrected chi connectivity index (χ3v) is 4.38. The molecule has 0 radical (unpaired) electrons. The maximum absolute atomic E-state index is 11.3. The third-order valence-electron chi connectivity index (χ3n) is 2.67. The zero-order valence-electron chi connectivity index (χ0n) is 10.2. The number of hydrogen-bond donors (Lipinski definition) is 2. The molecule has 0 spiro atoms. The number of hydrogen-bond acceptors (Lipinski definition) is 4. The molecule has 0 bridgehead atoms. The van der Waals surface area contributed by atoms with E-state index >= 15 is 0 Å². The van der Waals surface area contributed by atoms with Crippen molar-refractivity contribution in [3.05, 3.63) is 29.8 Å². The molecule has 0 saturated carbocycles. The number of rotatable bonds is 6. The lowest BCUT2D eigenvalue weighted by Gasteiger charge is -2.14. The molecular formula is C12H19NO3S. The number of aromatic hydroxyl groups is 1. The minimum atomic E-state index is -2.92. The van der Waals surface area contributed by atoms with Gasteiger partial charge in [0, 0.05) is 18.3 Å². The molecule has 0 heterocycles. The minimum Gasteiger partial charge on any atom is -0.508 e. The lowest BCUT2D eigenvalue weighted by atomic mass is 10.1. The standard InChI is InChI=1S/C12H19NO3S/c1-3-17(15,16)8-7-13-10(2)11-5-4-6-12(14)9-11/h4-6,9-10,13-14H,3,7-8H2,1-2H3. The molecule has 0 amide bonds. The van der Waals surface area contributed by atoms with Crippen molar-refractivity contribution in [3.63, 3.8) is 0 Å². The second-order valence-corrected chi connectivity index (χ2v) is 6.48. The highest BCUT2D eigenvalue weighted by molar-refractivity contribution is 7.91. The molecule has 0 aliphatic rings. The molecule has 1 aromatic carbocycles. The summed E-state index contributed by atoms with van der Waals surface area (Å²) in [4.78, 5) is 0. The topological polar surface area (TPSA) is 66.4 Å². The largest absolute Gasteiger partial charge is 0.508 e. The first-order chi connectivity index (χ1) is 7.94. The maximum atomic E-state index is 11.3. The maximum Gasteiger partial charge on any atom is 0.151 e. The molecule has 96 valence electrons. The summed E-state index contributed by atoms with van der Waals surface area (Å²) in [5.41, 5.74) is 0.943. The molecule has 1 aromatic rings. The summed E-state index contributed by atoms with van der Waals surface area (Å²) in [6, 6.07) is 6.97. The normalized spacial score (nSPS) is 13.5. The van der Waals surface area contributed by atoms with Crippen LogP contribution >= 0.6 is 0 Å². The molecule has 0 aliphatic carbocycles. The van der Waals surface area contributed by atoms with Crippen LogP contribution in [0, 0.1) is 0 Å². The second-order valence-electron chi connectivity index (χ2n) is 4.01. The Morgan fingerprint density at radius 1 is 1.41 bits per heavy atom. The summed E-state index contributed by atoms with van der Waals surface area (Å²) in [6.07, 6.45) is 0. The Morgan fingerprint density at radius 3 is 2.71 bits per heavy atom. The summed E-state index contributed by atoms with van der Waals surface area (Å²) in [5, 5.41) is 12.5. The fourth-order valence-electron chi connectivity index (χ4n) is 1.49. The fraction of sp³-hybridized carbons (Fsp3) is 0.500. The van der Waals surface area contributed by atoms with Crippen LogP contribution in [0.5, 0.6) is 5.75 Å². The van der Waals surface area contributed by atoms with E-state index in [9.17, 15) is 13.5 Å². The lowest BCUT2D eigenvalue weighted by Crippen LogP contribution is -2.26. The van der Waals surface area contributed by atoms with Crippen LogP contribution in [0.1, 0.15) is 25.5 Å². The number of phenols is 1. The lowest BCUT2D eigenvalue weighted by molar-refractivity contribution is 0.472. The molecule has 1 unspecified atom stereocenters. The SMILES string of the molecule is CCS(=O)(=O)CCNC(C)c1cccc(O)c1. The Hall–Kier alpha value is -1.07. The van der Waals surface area contributed by atoms with Gasteiger partial charge in [-0.3, -0.25) is 0 Å². The van der Waals surface area contributed by atoms with Crippen LogP contribution in [0.25, 0.3) is 0 Å². The minimum absolute atomic E-state index is 0.0224. The average Bonchev–Trinajstić information content (AvgIpc) is 2.28. The smallest absolute Gasteiger partial charge is 0.151 e. The van der Waals surface area contributed by atoms with Gasteiger partial charge in [0.1, 0.15) is 5.75 Å². The van der Waals surface area contributed by atoms with Gasteiger partial charge >= 0.3 is 0 Å². The van der Waals surface area contributed by atoms with Gasteiger partial charge in [-0.25, -0.2) is 8.42 Å². The first kappa shape index (κ1) is 14.0. The van der Waals surface area contributed by atoms with Gasteiger partial charge in [-0.15, -0.1) is 0 Å². The Kier molecular flexibility index (Phi) is 4.96. The summed E-state index contributed by atoms with van der Waals surface area (Å²) in [5.74, 6) is 0.541. The summed E-state index contributed by atoms with van der Waals surface area (Å²) in [7, 11) is -2.92. The van der Waals surface area contributed by atoms with E-state index in [1.807, 2.05) is 13.0 Å². The highest BCUT2D eigenvalue weighted by atomic mass is 32.2. The van der Waals surface area contributed by atoms with E-state index in [0.29, 0.717) is 6.54 Å². The van der Waals surface area contributed by atoms with E-state index in [1.54, 1.807) is 25.1 Å². The van der Waals surface area contributed by atoms with Crippen molar-refractivity contribution in [2.24, 2.45) is 0 Å². The van der Waals surface area contributed by atoms with E-state index < -0.39 is 9.84 Å². The van der Waals surface area contributed by atoms with Crippen LogP contribution in [-0.2, 0) is 9.84 Å². The van der Waals surface area contributed by atoms with Crippen molar-refractivity contribution in [1.29, 1.82) is 0 Å². The zero-order chi connectivity index (χ0) is 12.9. The molecule has 2 N–H and O–H groups in total. The van der Waals surface area contributed by atoms with Crippen molar-refractivity contribution >= 4 is 9.84 Å². The van der Waals surface area contributed by atoms with Crippen molar-refractivity contribution in [3.8, 4) is 5.75 Å². The van der Waals surface area contributed by atoms with Crippen LogP contribution in [0.4, 0.5) is 0 Å². The molecular weight excluding hydrogens is 238 g/mol. The Labute approximate surface area is 103 Å². The van der Waals surface area contributed by atoms with E-state index in [1.165, 1.54) is 0 Å². The molecule has 0 aliphatic heterocycles. The Balaban J connectivity index is 2.48. The number of benzene rings is 1. The van der Waals surface area contributed by atoms with Gasteiger partial charge in [0.2, 0.25) is 0 Å². The van der Waals surface area contributed by atoms with Gasteiger partial charge in [0.05, 0.1) is 5.75 Å². The molecule has 4 nitrogen and oxygen atoms in total. The van der Waals surface area contributed by atoms with Gasteiger partial charge < -0.3 is 10.4 Å². The molecule has 17 heavy (non-hydrogen) atoms. The van der Waals surface area contributed by atoms with Gasteiger partial charge in [0.15, 0.2) is 9.84 Å². The first-order valence-corrected chi connectivity index (χ1v) is 7.49. The van der Waals surface area contributed by atoms with E-state index in [2.05, 4.69) is 5.32 Å². The Bertz CT molecular complexity index is 457. The zero-order valence-corrected chi connectivity index (χ0v) is 11.0. The molecule has 0 aromatic heterocycles. The predicted octanol–water partition coefficient (Wildman–Crippen LogP) is 1.48. The molecule has 1 rings (SSSR count). The van der Waals surface area contributed by atoms with E-state index in [4.69, 9.17) is 0 Å². The molecule has 5 heteroatoms. The predicted molar refractivity (Wildman–Crippen MR) is 68.9 cm³/mol. The van der Waals surface area contributed by atoms with Gasteiger partial charge in [-0.2, -0.15) is 0 Å². The van der Waals surface area contributed by atoms with Crippen molar-refractivity contribution in [2.45, 2.75) is 19.9 Å². The number of nitrogens with one attached hydrogen (secondary N) is 1. The Morgan fingerprint density at radius 2 is 2.12 bits per heavy atom. The quantitative estimate of drug-likeness (QED) is 0.810. The molecule has 1 atom stereocenters. The van der Waals surface area contributed by atoms with Crippen molar-refractivity contribution < 1.29 is 13.5 Å². The highest BCUT2D eigenvalue weighted by Crippen LogP contribution is 2.17. The fourth-order valence-corrected chi connectivity index (χ4v) is 2.20. The molecule has 0 saturated heterocycles. The first-order valence-electron chi connectivity index (χ1n) is 5.67. The van der Waals surface area contributed by atoms with Gasteiger partial charge in [0.25, 0.3) is 0 Å². The highest BCUT2D eigenvalue weighted by Gasteiger charge is 2.09. The van der Waals surface area contributed by atoms with Crippen LogP contribution in [0.2, 0.25) is 0 Å². The van der Waals surface area contributed by atoms with E-state index in [0.717, 1.165) is 5.56 Å². The number of sulfone groups is 1. The second kappa shape index (κ2) is 6.02. The van der Waals surface area contributed by atoms with Crippen molar-refractivity contribution in [1.82, 2.24) is 5.32 Å². The van der Waals surface area contributed by atoms with Gasteiger partial charge in [-0.1, -0.05) is 19.1 Å². The third kappa shape index (κ3) is 4.75. The van der Waals surface area contributed by atoms with Crippen molar-refractivity contribution in [2.75, 3.05) is 18.1 Å². The number of phenolic OH excluding ortho intramolecular Hbond substituents is 1. The van der Waals surface area contributed by atoms with Gasteiger partial charge in [-0.05, 0) is 24.6 Å². The van der Waals surface area contributed by atoms with Crippen LogP contribution in [0.3, 0.4) is 0 Å². The molecule has 0 fully saturated rings.